The summed E-state index contributed by atoms with van der Waals surface area (Å²) >= 11 is 6.09. The van der Waals surface area contributed by atoms with Crippen molar-refractivity contribution >= 4 is 17.5 Å². The molecule has 1 aromatic carbocycles. The van der Waals surface area contributed by atoms with Crippen LogP contribution in [0.1, 0.15) is 37.7 Å². The number of likely N-dealkylation sites (tertiary alicyclic amines) is 1. The Kier molecular flexibility index (Phi) is 5.72. The van der Waals surface area contributed by atoms with E-state index in [1.165, 1.54) is 12.8 Å². The minimum atomic E-state index is 0.263. The second kappa shape index (κ2) is 7.53. The minimum Gasteiger partial charge on any atom is -0.495 e. The summed E-state index contributed by atoms with van der Waals surface area (Å²) in [6, 6.07) is 5.71. The first-order chi connectivity index (χ1) is 9.70. The number of methoxy groups -OCH3 is 1. The maximum atomic E-state index is 12.2. The average Bonchev–Trinajstić information content (AvgIpc) is 2.74. The van der Waals surface area contributed by atoms with Gasteiger partial charge in [0, 0.05) is 19.5 Å². The van der Waals surface area contributed by atoms with Gasteiger partial charge in [0.05, 0.1) is 12.1 Å². The predicted molar refractivity (Wildman–Crippen MR) is 81.4 cm³/mol. The van der Waals surface area contributed by atoms with E-state index in [-0.39, 0.29) is 5.91 Å². The summed E-state index contributed by atoms with van der Waals surface area (Å²) < 4.78 is 5.13. The Labute approximate surface area is 125 Å². The van der Waals surface area contributed by atoms with E-state index in [2.05, 4.69) is 0 Å². The van der Waals surface area contributed by atoms with Gasteiger partial charge in [0.15, 0.2) is 0 Å². The summed E-state index contributed by atoms with van der Waals surface area (Å²) in [5.41, 5.74) is 1.08. The molecule has 3 nitrogen and oxygen atoms in total. The first kappa shape index (κ1) is 15.2. The third kappa shape index (κ3) is 4.14. The van der Waals surface area contributed by atoms with Crippen molar-refractivity contribution in [3.8, 4) is 5.75 Å². The van der Waals surface area contributed by atoms with Gasteiger partial charge in [0.25, 0.3) is 0 Å². The van der Waals surface area contributed by atoms with Gasteiger partial charge in [-0.1, -0.05) is 30.5 Å². The Balaban J connectivity index is 1.87. The number of ether oxygens (including phenoxy) is 1. The first-order valence-electron chi connectivity index (χ1n) is 7.31. The molecular weight excluding hydrogens is 274 g/mol. The van der Waals surface area contributed by atoms with Crippen molar-refractivity contribution in [2.75, 3.05) is 20.2 Å². The van der Waals surface area contributed by atoms with Gasteiger partial charge in [-0.3, -0.25) is 4.79 Å². The standard InChI is InChI=1S/C16H22ClNO2/c1-20-15-8-6-13(12-14(15)17)7-9-16(19)18-10-4-2-3-5-11-18/h6,8,12H,2-5,7,9-11H2,1H3. The number of nitrogens with zero attached hydrogens (tertiary/aromatic N) is 1. The molecule has 0 aromatic heterocycles. The van der Waals surface area contributed by atoms with E-state index in [1.807, 2.05) is 23.1 Å². The molecule has 2 rings (SSSR count). The highest BCUT2D eigenvalue weighted by Crippen LogP contribution is 2.25. The average molecular weight is 296 g/mol. The number of hydrogen-bond donors (Lipinski definition) is 0. The molecule has 1 aliphatic rings. The van der Waals surface area contributed by atoms with Gasteiger partial charge in [0.2, 0.25) is 5.91 Å². The number of amides is 1. The van der Waals surface area contributed by atoms with Crippen molar-refractivity contribution in [1.82, 2.24) is 4.90 Å². The Morgan fingerprint density at radius 3 is 2.55 bits per heavy atom. The van der Waals surface area contributed by atoms with E-state index in [0.717, 1.165) is 37.9 Å². The molecule has 0 bridgehead atoms. The van der Waals surface area contributed by atoms with E-state index in [4.69, 9.17) is 16.3 Å². The van der Waals surface area contributed by atoms with E-state index < -0.39 is 0 Å². The monoisotopic (exact) mass is 295 g/mol. The Morgan fingerprint density at radius 2 is 1.95 bits per heavy atom. The highest BCUT2D eigenvalue weighted by atomic mass is 35.5. The molecule has 0 radical (unpaired) electrons. The van der Waals surface area contributed by atoms with Gasteiger partial charge in [-0.05, 0) is 37.0 Å². The zero-order valence-electron chi connectivity index (χ0n) is 12.0. The van der Waals surface area contributed by atoms with Gasteiger partial charge in [-0.2, -0.15) is 0 Å². The molecule has 0 spiro atoms. The summed E-state index contributed by atoms with van der Waals surface area (Å²) in [7, 11) is 1.60. The van der Waals surface area contributed by atoms with Gasteiger partial charge >= 0.3 is 0 Å². The van der Waals surface area contributed by atoms with Gasteiger partial charge in [-0.25, -0.2) is 0 Å². The predicted octanol–water partition coefficient (Wildman–Crippen LogP) is 3.68. The number of carbonyl (C=O) groups is 1. The molecule has 4 heteroatoms. The molecular formula is C16H22ClNO2. The van der Waals surface area contributed by atoms with Crippen LogP contribution in [0.15, 0.2) is 18.2 Å². The molecule has 0 unspecified atom stereocenters. The van der Waals surface area contributed by atoms with Crippen LogP contribution in [0, 0.1) is 0 Å². The fourth-order valence-electron chi connectivity index (χ4n) is 2.59. The number of benzene rings is 1. The van der Waals surface area contributed by atoms with Crippen molar-refractivity contribution in [2.24, 2.45) is 0 Å². The fourth-order valence-corrected chi connectivity index (χ4v) is 2.88. The van der Waals surface area contributed by atoms with E-state index >= 15 is 0 Å². The Morgan fingerprint density at radius 1 is 1.25 bits per heavy atom. The summed E-state index contributed by atoms with van der Waals surface area (Å²) in [5.74, 6) is 0.938. The van der Waals surface area contributed by atoms with E-state index in [0.29, 0.717) is 17.2 Å². The number of carbonyl (C=O) groups excluding carboxylic acids is 1. The number of rotatable bonds is 4. The van der Waals surface area contributed by atoms with Crippen molar-refractivity contribution in [3.05, 3.63) is 28.8 Å². The molecule has 0 aliphatic carbocycles. The van der Waals surface area contributed by atoms with Gasteiger partial charge < -0.3 is 9.64 Å². The van der Waals surface area contributed by atoms with Crippen LogP contribution in [0.5, 0.6) is 5.75 Å². The van der Waals surface area contributed by atoms with Crippen LogP contribution in [-0.2, 0) is 11.2 Å². The van der Waals surface area contributed by atoms with E-state index in [1.54, 1.807) is 7.11 Å². The molecule has 1 heterocycles. The lowest BCUT2D eigenvalue weighted by molar-refractivity contribution is -0.131. The summed E-state index contributed by atoms with van der Waals surface area (Å²) in [6.45, 7) is 1.84. The van der Waals surface area contributed by atoms with Crippen LogP contribution in [0.2, 0.25) is 5.02 Å². The van der Waals surface area contributed by atoms with Crippen LogP contribution >= 0.6 is 11.6 Å². The number of aryl methyl sites for hydroxylation is 1. The van der Waals surface area contributed by atoms with Crippen molar-refractivity contribution in [1.29, 1.82) is 0 Å². The summed E-state index contributed by atoms with van der Waals surface area (Å²) in [5, 5.41) is 0.604. The quantitative estimate of drug-likeness (QED) is 0.848. The highest BCUT2D eigenvalue weighted by Gasteiger charge is 2.15. The zero-order chi connectivity index (χ0) is 14.4. The summed E-state index contributed by atoms with van der Waals surface area (Å²) in [6.07, 6.45) is 6.07. The first-order valence-corrected chi connectivity index (χ1v) is 7.68. The van der Waals surface area contributed by atoms with Crippen LogP contribution in [0.25, 0.3) is 0 Å². The topological polar surface area (TPSA) is 29.5 Å². The number of hydrogen-bond acceptors (Lipinski definition) is 2. The molecule has 0 atom stereocenters. The number of halogens is 1. The van der Waals surface area contributed by atoms with E-state index in [9.17, 15) is 4.79 Å². The molecule has 1 amide bonds. The SMILES string of the molecule is COc1ccc(CCC(=O)N2CCCCCC2)cc1Cl. The smallest absolute Gasteiger partial charge is 0.222 e. The van der Waals surface area contributed by atoms with Crippen molar-refractivity contribution in [3.63, 3.8) is 0 Å². The third-order valence-corrected chi connectivity index (χ3v) is 4.10. The maximum absolute atomic E-state index is 12.2. The fraction of sp³-hybridized carbons (Fsp3) is 0.562. The summed E-state index contributed by atoms with van der Waals surface area (Å²) in [4.78, 5) is 14.2. The van der Waals surface area contributed by atoms with Gasteiger partial charge in [-0.15, -0.1) is 0 Å². The van der Waals surface area contributed by atoms with Crippen LogP contribution in [-0.4, -0.2) is 31.0 Å². The normalized spacial score (nSPS) is 15.8. The van der Waals surface area contributed by atoms with Crippen LogP contribution < -0.4 is 4.74 Å². The molecule has 0 N–H and O–H groups in total. The molecule has 1 aliphatic heterocycles. The molecule has 1 aromatic rings. The molecule has 20 heavy (non-hydrogen) atoms. The Hall–Kier alpha value is -1.22. The molecule has 0 saturated carbocycles. The molecule has 110 valence electrons. The highest BCUT2D eigenvalue weighted by molar-refractivity contribution is 6.32. The second-order valence-corrected chi connectivity index (χ2v) is 5.67. The molecule has 1 saturated heterocycles. The lowest BCUT2D eigenvalue weighted by Crippen LogP contribution is -2.31. The van der Waals surface area contributed by atoms with Crippen LogP contribution in [0.4, 0.5) is 0 Å². The van der Waals surface area contributed by atoms with Gasteiger partial charge in [0.1, 0.15) is 5.75 Å². The minimum absolute atomic E-state index is 0.263. The lowest BCUT2D eigenvalue weighted by Gasteiger charge is -2.20. The largest absolute Gasteiger partial charge is 0.495 e. The molecule has 1 fully saturated rings. The Bertz CT molecular complexity index is 454. The zero-order valence-corrected chi connectivity index (χ0v) is 12.8. The van der Waals surface area contributed by atoms with Crippen molar-refractivity contribution < 1.29 is 9.53 Å². The second-order valence-electron chi connectivity index (χ2n) is 5.26. The third-order valence-electron chi connectivity index (χ3n) is 3.80. The maximum Gasteiger partial charge on any atom is 0.222 e. The van der Waals surface area contributed by atoms with Crippen molar-refractivity contribution in [2.45, 2.75) is 38.5 Å². The van der Waals surface area contributed by atoms with Crippen LogP contribution in [0.3, 0.4) is 0 Å². The lowest BCUT2D eigenvalue weighted by atomic mass is 10.1.